The molecule has 2 rings (SSSR count). The average Bonchev–Trinajstić information content (AvgIpc) is 2.61. The standard InChI is InChI=1S/C17H24N4O5/c1-12(2)11-15(16(22)23)18-17(24)20-9-7-19(8-10-20)13-3-5-14(6-4-13)21(25)26/h3-6,12,15H,7-11H2,1-2H3,(H,18,24)(H,22,23). The number of aliphatic carboxylic acids is 1. The minimum atomic E-state index is -1.03. The molecular weight excluding hydrogens is 340 g/mol. The van der Waals surface area contributed by atoms with Crippen molar-refractivity contribution in [2.45, 2.75) is 26.3 Å². The van der Waals surface area contributed by atoms with Crippen molar-refractivity contribution in [2.75, 3.05) is 31.1 Å². The van der Waals surface area contributed by atoms with Crippen molar-refractivity contribution in [3.8, 4) is 0 Å². The first-order chi connectivity index (χ1) is 12.3. The zero-order valence-electron chi connectivity index (χ0n) is 14.9. The van der Waals surface area contributed by atoms with Gasteiger partial charge < -0.3 is 20.2 Å². The molecule has 0 aromatic heterocycles. The van der Waals surface area contributed by atoms with Crippen molar-refractivity contribution < 1.29 is 19.6 Å². The van der Waals surface area contributed by atoms with E-state index in [-0.39, 0.29) is 17.6 Å². The molecule has 0 radical (unpaired) electrons. The van der Waals surface area contributed by atoms with Crippen LogP contribution in [0.25, 0.3) is 0 Å². The Morgan fingerprint density at radius 3 is 2.23 bits per heavy atom. The summed E-state index contributed by atoms with van der Waals surface area (Å²) in [6.45, 7) is 5.88. The highest BCUT2D eigenvalue weighted by molar-refractivity contribution is 5.82. The Labute approximate surface area is 151 Å². The van der Waals surface area contributed by atoms with Crippen LogP contribution in [0.4, 0.5) is 16.2 Å². The van der Waals surface area contributed by atoms with Crippen LogP contribution in [0.2, 0.25) is 0 Å². The molecule has 0 bridgehead atoms. The number of carboxylic acid groups (broad SMARTS) is 1. The van der Waals surface area contributed by atoms with Gasteiger partial charge in [0.2, 0.25) is 0 Å². The lowest BCUT2D eigenvalue weighted by Gasteiger charge is -2.36. The predicted octanol–water partition coefficient (Wildman–Crippen LogP) is 1.93. The van der Waals surface area contributed by atoms with Gasteiger partial charge in [-0.15, -0.1) is 0 Å². The molecule has 1 saturated heterocycles. The van der Waals surface area contributed by atoms with Gasteiger partial charge in [-0.3, -0.25) is 10.1 Å². The molecule has 1 aliphatic heterocycles. The normalized spacial score (nSPS) is 15.7. The number of carbonyl (C=O) groups excluding carboxylic acids is 1. The predicted molar refractivity (Wildman–Crippen MR) is 96.3 cm³/mol. The smallest absolute Gasteiger partial charge is 0.326 e. The lowest BCUT2D eigenvalue weighted by molar-refractivity contribution is -0.384. The summed E-state index contributed by atoms with van der Waals surface area (Å²) in [7, 11) is 0. The van der Waals surface area contributed by atoms with Crippen molar-refractivity contribution in [1.82, 2.24) is 10.2 Å². The molecule has 1 aliphatic rings. The van der Waals surface area contributed by atoms with Crippen molar-refractivity contribution in [1.29, 1.82) is 0 Å². The van der Waals surface area contributed by atoms with Crippen LogP contribution >= 0.6 is 0 Å². The van der Waals surface area contributed by atoms with Gasteiger partial charge in [0.1, 0.15) is 6.04 Å². The van der Waals surface area contributed by atoms with Crippen LogP contribution < -0.4 is 10.2 Å². The van der Waals surface area contributed by atoms with Crippen LogP contribution in [0.1, 0.15) is 20.3 Å². The molecule has 1 heterocycles. The maximum atomic E-state index is 12.3. The minimum Gasteiger partial charge on any atom is -0.480 e. The fourth-order valence-corrected chi connectivity index (χ4v) is 2.89. The highest BCUT2D eigenvalue weighted by atomic mass is 16.6. The second-order valence-corrected chi connectivity index (χ2v) is 6.72. The number of nitro groups is 1. The Morgan fingerprint density at radius 1 is 1.19 bits per heavy atom. The molecule has 0 saturated carbocycles. The number of amides is 2. The van der Waals surface area contributed by atoms with Crippen molar-refractivity contribution in [2.24, 2.45) is 5.92 Å². The van der Waals surface area contributed by atoms with Gasteiger partial charge in [-0.25, -0.2) is 9.59 Å². The molecule has 2 amide bonds. The number of nitrogens with one attached hydrogen (secondary N) is 1. The summed E-state index contributed by atoms with van der Waals surface area (Å²) in [4.78, 5) is 37.5. The van der Waals surface area contributed by atoms with E-state index in [0.29, 0.717) is 32.6 Å². The fraction of sp³-hybridized carbons (Fsp3) is 0.529. The van der Waals surface area contributed by atoms with E-state index in [2.05, 4.69) is 5.32 Å². The largest absolute Gasteiger partial charge is 0.480 e. The number of hydrogen-bond acceptors (Lipinski definition) is 5. The molecule has 1 aromatic carbocycles. The third-order valence-electron chi connectivity index (χ3n) is 4.30. The highest BCUT2D eigenvalue weighted by Gasteiger charge is 2.26. The lowest BCUT2D eigenvalue weighted by Crippen LogP contribution is -2.54. The van der Waals surface area contributed by atoms with Crippen molar-refractivity contribution >= 4 is 23.4 Å². The first kappa shape index (κ1) is 19.5. The maximum absolute atomic E-state index is 12.3. The van der Waals surface area contributed by atoms with Gasteiger partial charge in [-0.1, -0.05) is 13.8 Å². The van der Waals surface area contributed by atoms with Gasteiger partial charge in [0.15, 0.2) is 0 Å². The third-order valence-corrected chi connectivity index (χ3v) is 4.30. The molecule has 9 nitrogen and oxygen atoms in total. The van der Waals surface area contributed by atoms with E-state index >= 15 is 0 Å². The number of nitrogens with zero attached hydrogens (tertiary/aromatic N) is 3. The molecule has 0 spiro atoms. The molecule has 2 N–H and O–H groups in total. The number of urea groups is 1. The molecule has 26 heavy (non-hydrogen) atoms. The zero-order valence-corrected chi connectivity index (χ0v) is 14.9. The molecule has 1 fully saturated rings. The van der Waals surface area contributed by atoms with E-state index in [1.807, 2.05) is 18.7 Å². The molecule has 142 valence electrons. The number of piperazine rings is 1. The molecule has 0 aliphatic carbocycles. The SMILES string of the molecule is CC(C)CC(NC(=O)N1CCN(c2ccc([N+](=O)[O-])cc2)CC1)C(=O)O. The Hall–Kier alpha value is -2.84. The molecular formula is C17H24N4O5. The Kier molecular flexibility index (Phi) is 6.37. The summed E-state index contributed by atoms with van der Waals surface area (Å²) in [5, 5.41) is 22.5. The van der Waals surface area contributed by atoms with E-state index in [4.69, 9.17) is 0 Å². The number of carboxylic acids is 1. The van der Waals surface area contributed by atoms with E-state index < -0.39 is 16.9 Å². The van der Waals surface area contributed by atoms with Crippen LogP contribution in [0, 0.1) is 16.0 Å². The number of anilines is 1. The van der Waals surface area contributed by atoms with Gasteiger partial charge in [0.25, 0.3) is 5.69 Å². The third kappa shape index (κ3) is 5.08. The van der Waals surface area contributed by atoms with Crippen LogP contribution in [-0.2, 0) is 4.79 Å². The molecule has 1 unspecified atom stereocenters. The first-order valence-electron chi connectivity index (χ1n) is 8.55. The summed E-state index contributed by atoms with van der Waals surface area (Å²) >= 11 is 0. The molecule has 9 heteroatoms. The van der Waals surface area contributed by atoms with Crippen molar-refractivity contribution in [3.63, 3.8) is 0 Å². The Bertz CT molecular complexity index is 654. The van der Waals surface area contributed by atoms with Gasteiger partial charge in [-0.2, -0.15) is 0 Å². The van der Waals surface area contributed by atoms with E-state index in [9.17, 15) is 24.8 Å². The molecule has 1 aromatic rings. The Balaban J connectivity index is 1.89. The summed E-state index contributed by atoms with van der Waals surface area (Å²) in [5.74, 6) is -0.869. The summed E-state index contributed by atoms with van der Waals surface area (Å²) < 4.78 is 0. The van der Waals surface area contributed by atoms with Gasteiger partial charge in [0, 0.05) is 44.0 Å². The van der Waals surface area contributed by atoms with Gasteiger partial charge >= 0.3 is 12.0 Å². The second kappa shape index (κ2) is 8.50. The number of benzene rings is 1. The highest BCUT2D eigenvalue weighted by Crippen LogP contribution is 2.20. The lowest BCUT2D eigenvalue weighted by atomic mass is 10.0. The summed E-state index contributed by atoms with van der Waals surface area (Å²) in [6, 6.07) is 5.03. The quantitative estimate of drug-likeness (QED) is 0.588. The maximum Gasteiger partial charge on any atom is 0.326 e. The summed E-state index contributed by atoms with van der Waals surface area (Å²) in [6.07, 6.45) is 0.379. The van der Waals surface area contributed by atoms with Crippen molar-refractivity contribution in [3.05, 3.63) is 34.4 Å². The minimum absolute atomic E-state index is 0.0385. The number of rotatable bonds is 6. The Morgan fingerprint density at radius 2 is 1.77 bits per heavy atom. The zero-order chi connectivity index (χ0) is 19.3. The van der Waals surface area contributed by atoms with E-state index in [1.165, 1.54) is 12.1 Å². The summed E-state index contributed by atoms with van der Waals surface area (Å²) in [5.41, 5.74) is 0.899. The monoisotopic (exact) mass is 364 g/mol. The number of carbonyl (C=O) groups is 2. The van der Waals surface area contributed by atoms with Gasteiger partial charge in [-0.05, 0) is 24.5 Å². The first-order valence-corrected chi connectivity index (χ1v) is 8.55. The second-order valence-electron chi connectivity index (χ2n) is 6.72. The number of non-ortho nitro benzene ring substituents is 1. The van der Waals surface area contributed by atoms with Crippen LogP contribution in [0.3, 0.4) is 0 Å². The van der Waals surface area contributed by atoms with E-state index in [1.54, 1.807) is 17.0 Å². The van der Waals surface area contributed by atoms with Crippen LogP contribution in [-0.4, -0.2) is 59.2 Å². The average molecular weight is 364 g/mol. The van der Waals surface area contributed by atoms with E-state index in [0.717, 1.165) is 5.69 Å². The molecule has 1 atom stereocenters. The number of hydrogen-bond donors (Lipinski definition) is 2. The number of nitro benzene ring substituents is 1. The topological polar surface area (TPSA) is 116 Å². The van der Waals surface area contributed by atoms with Crippen LogP contribution in [0.15, 0.2) is 24.3 Å². The van der Waals surface area contributed by atoms with Gasteiger partial charge in [0.05, 0.1) is 4.92 Å². The van der Waals surface area contributed by atoms with Crippen LogP contribution in [0.5, 0.6) is 0 Å². The fourth-order valence-electron chi connectivity index (χ4n) is 2.89.